The first-order chi connectivity index (χ1) is 7.47. The number of hydrogen-bond donors (Lipinski definition) is 0. The van der Waals surface area contributed by atoms with Gasteiger partial charge in [0.25, 0.3) is 6.43 Å². The summed E-state index contributed by atoms with van der Waals surface area (Å²) in [7, 11) is 1.21. The lowest BCUT2D eigenvalue weighted by molar-refractivity contribution is -0.139. The maximum absolute atomic E-state index is 12.8. The molecule has 0 bridgehead atoms. The lowest BCUT2D eigenvalue weighted by Gasteiger charge is -2.11. The molecule has 1 heterocycles. The van der Waals surface area contributed by atoms with Gasteiger partial charge in [-0.25, -0.2) is 8.78 Å². The van der Waals surface area contributed by atoms with Crippen LogP contribution in [0.3, 0.4) is 0 Å². The molecule has 0 atom stereocenters. The molecule has 0 aromatic carbocycles. The first-order valence-corrected chi connectivity index (χ1v) is 5.25. The number of carbonyl (C=O) groups excluding carboxylic acids is 1. The topological polar surface area (TPSA) is 39.2 Å². The Labute approximate surface area is 99.9 Å². The van der Waals surface area contributed by atoms with Gasteiger partial charge in [0.05, 0.1) is 19.2 Å². The highest BCUT2D eigenvalue weighted by atomic mass is 79.9. The zero-order valence-electron chi connectivity index (χ0n) is 8.76. The van der Waals surface area contributed by atoms with E-state index < -0.39 is 12.4 Å². The predicted molar refractivity (Wildman–Crippen MR) is 57.4 cm³/mol. The lowest BCUT2D eigenvalue weighted by atomic mass is 10.1. The van der Waals surface area contributed by atoms with E-state index in [1.54, 1.807) is 6.92 Å². The van der Waals surface area contributed by atoms with Gasteiger partial charge in [0.2, 0.25) is 0 Å². The molecule has 3 nitrogen and oxygen atoms in total. The van der Waals surface area contributed by atoms with Crippen molar-refractivity contribution in [1.29, 1.82) is 0 Å². The Kier molecular flexibility index (Phi) is 4.35. The van der Waals surface area contributed by atoms with Crippen LogP contribution < -0.4 is 0 Å². The number of ether oxygens (including phenoxy) is 1. The Hall–Kier alpha value is -1.04. The van der Waals surface area contributed by atoms with E-state index in [1.807, 2.05) is 0 Å². The molecule has 0 saturated carbocycles. The van der Waals surface area contributed by atoms with Crippen molar-refractivity contribution in [3.63, 3.8) is 0 Å². The van der Waals surface area contributed by atoms with Crippen molar-refractivity contribution in [1.82, 2.24) is 4.98 Å². The molecule has 0 fully saturated rings. The molecule has 16 heavy (non-hydrogen) atoms. The number of aromatic nitrogens is 1. The van der Waals surface area contributed by atoms with Gasteiger partial charge in [-0.3, -0.25) is 9.78 Å². The second-order valence-corrected chi connectivity index (χ2v) is 3.94. The van der Waals surface area contributed by atoms with Crippen molar-refractivity contribution in [3.8, 4) is 0 Å². The first kappa shape index (κ1) is 13.0. The Morgan fingerprint density at radius 3 is 2.75 bits per heavy atom. The molecular formula is C10H10BrF2NO2. The minimum Gasteiger partial charge on any atom is -0.469 e. The molecule has 1 aromatic rings. The Morgan fingerprint density at radius 1 is 1.62 bits per heavy atom. The Balaban J connectivity index is 3.18. The summed E-state index contributed by atoms with van der Waals surface area (Å²) in [5.74, 6) is -0.570. The number of hydrogen-bond acceptors (Lipinski definition) is 3. The van der Waals surface area contributed by atoms with Gasteiger partial charge >= 0.3 is 5.97 Å². The monoisotopic (exact) mass is 293 g/mol. The average Bonchev–Trinajstić information content (AvgIpc) is 2.23. The smallest absolute Gasteiger partial charge is 0.310 e. The van der Waals surface area contributed by atoms with Crippen molar-refractivity contribution in [2.24, 2.45) is 0 Å². The highest BCUT2D eigenvalue weighted by molar-refractivity contribution is 9.10. The van der Waals surface area contributed by atoms with Crippen molar-refractivity contribution >= 4 is 21.9 Å². The normalized spacial score (nSPS) is 10.6. The number of aryl methyl sites for hydroxylation is 1. The van der Waals surface area contributed by atoms with Gasteiger partial charge in [-0.15, -0.1) is 0 Å². The predicted octanol–water partition coefficient (Wildman–Crippen LogP) is 2.81. The van der Waals surface area contributed by atoms with Crippen LogP contribution in [0, 0.1) is 6.92 Å². The third-order valence-electron chi connectivity index (χ3n) is 2.09. The molecule has 0 radical (unpaired) electrons. The largest absolute Gasteiger partial charge is 0.469 e. The minimum atomic E-state index is -2.66. The summed E-state index contributed by atoms with van der Waals surface area (Å²) in [4.78, 5) is 15.0. The van der Waals surface area contributed by atoms with Gasteiger partial charge in [-0.1, -0.05) is 0 Å². The fraction of sp³-hybridized carbons (Fsp3) is 0.400. The summed E-state index contributed by atoms with van der Waals surface area (Å²) in [6.07, 6.45) is -1.59. The fourth-order valence-electron chi connectivity index (χ4n) is 1.24. The minimum absolute atomic E-state index is 0.180. The molecule has 1 rings (SSSR count). The zero-order chi connectivity index (χ0) is 12.3. The molecule has 0 aliphatic rings. The summed E-state index contributed by atoms with van der Waals surface area (Å²) in [5, 5.41) is 0. The molecule has 0 aliphatic heterocycles. The summed E-state index contributed by atoms with van der Waals surface area (Å²) in [6, 6.07) is 0. The standard InChI is InChI=1S/C10H10BrF2NO2/c1-5-9(11)8(10(12)13)6(4-14-5)3-7(15)16-2/h4,10H,3H2,1-2H3. The van der Waals surface area contributed by atoms with Crippen LogP contribution in [0.15, 0.2) is 10.7 Å². The van der Waals surface area contributed by atoms with Gasteiger partial charge in [0, 0.05) is 16.2 Å². The van der Waals surface area contributed by atoms with Crippen LogP contribution in [0.2, 0.25) is 0 Å². The molecule has 88 valence electrons. The average molecular weight is 294 g/mol. The van der Waals surface area contributed by atoms with Gasteiger partial charge < -0.3 is 4.74 Å². The molecule has 0 spiro atoms. The fourth-order valence-corrected chi connectivity index (χ4v) is 1.77. The molecule has 6 heteroatoms. The van der Waals surface area contributed by atoms with E-state index in [0.717, 1.165) is 0 Å². The molecule has 1 aromatic heterocycles. The third kappa shape index (κ3) is 2.75. The Bertz CT molecular complexity index is 410. The molecule has 0 saturated heterocycles. The van der Waals surface area contributed by atoms with Gasteiger partial charge in [0.15, 0.2) is 0 Å². The van der Waals surface area contributed by atoms with Gasteiger partial charge in [-0.2, -0.15) is 0 Å². The van der Waals surface area contributed by atoms with Crippen LogP contribution in [0.1, 0.15) is 23.2 Å². The van der Waals surface area contributed by atoms with Crippen molar-refractivity contribution < 1.29 is 18.3 Å². The van der Waals surface area contributed by atoms with Crippen LogP contribution in [-0.4, -0.2) is 18.1 Å². The van der Waals surface area contributed by atoms with Crippen LogP contribution in [0.5, 0.6) is 0 Å². The van der Waals surface area contributed by atoms with E-state index in [0.29, 0.717) is 5.69 Å². The second-order valence-electron chi connectivity index (χ2n) is 3.15. The number of halogens is 3. The van der Waals surface area contributed by atoms with E-state index in [2.05, 4.69) is 25.7 Å². The molecular weight excluding hydrogens is 284 g/mol. The molecule has 0 amide bonds. The molecule has 0 aliphatic carbocycles. The van der Waals surface area contributed by atoms with Crippen LogP contribution >= 0.6 is 15.9 Å². The third-order valence-corrected chi connectivity index (χ3v) is 3.10. The number of pyridine rings is 1. The van der Waals surface area contributed by atoms with Crippen LogP contribution in [-0.2, 0) is 16.0 Å². The van der Waals surface area contributed by atoms with E-state index >= 15 is 0 Å². The number of alkyl halides is 2. The van der Waals surface area contributed by atoms with E-state index in [1.165, 1.54) is 13.3 Å². The quantitative estimate of drug-likeness (QED) is 0.805. The Morgan fingerprint density at radius 2 is 2.25 bits per heavy atom. The van der Waals surface area contributed by atoms with E-state index in [9.17, 15) is 13.6 Å². The van der Waals surface area contributed by atoms with Crippen LogP contribution in [0.25, 0.3) is 0 Å². The number of esters is 1. The van der Waals surface area contributed by atoms with E-state index in [-0.39, 0.29) is 22.0 Å². The van der Waals surface area contributed by atoms with Crippen molar-refractivity contribution in [2.75, 3.05) is 7.11 Å². The first-order valence-electron chi connectivity index (χ1n) is 4.46. The maximum atomic E-state index is 12.8. The SMILES string of the molecule is COC(=O)Cc1cnc(C)c(Br)c1C(F)F. The maximum Gasteiger partial charge on any atom is 0.310 e. The van der Waals surface area contributed by atoms with Crippen molar-refractivity contribution in [3.05, 3.63) is 27.5 Å². The van der Waals surface area contributed by atoms with E-state index in [4.69, 9.17) is 0 Å². The lowest BCUT2D eigenvalue weighted by Crippen LogP contribution is -2.09. The zero-order valence-corrected chi connectivity index (χ0v) is 10.3. The molecule has 0 unspecified atom stereocenters. The number of carbonyl (C=O) groups is 1. The summed E-state index contributed by atoms with van der Waals surface area (Å²) in [6.45, 7) is 1.61. The number of methoxy groups -OCH3 is 1. The summed E-state index contributed by atoms with van der Waals surface area (Å²) in [5.41, 5.74) is 0.446. The number of nitrogens with zero attached hydrogens (tertiary/aromatic N) is 1. The second kappa shape index (κ2) is 5.34. The molecule has 0 N–H and O–H groups in total. The number of rotatable bonds is 3. The van der Waals surface area contributed by atoms with Gasteiger partial charge in [-0.05, 0) is 28.4 Å². The highest BCUT2D eigenvalue weighted by Gasteiger charge is 2.20. The van der Waals surface area contributed by atoms with Crippen molar-refractivity contribution in [2.45, 2.75) is 19.8 Å². The van der Waals surface area contributed by atoms with Gasteiger partial charge in [0.1, 0.15) is 0 Å². The summed E-state index contributed by atoms with van der Waals surface area (Å²) >= 11 is 3.05. The highest BCUT2D eigenvalue weighted by Crippen LogP contribution is 2.32. The van der Waals surface area contributed by atoms with Crippen LogP contribution in [0.4, 0.5) is 8.78 Å². The summed E-state index contributed by atoms with van der Waals surface area (Å²) < 4.78 is 30.3.